The van der Waals surface area contributed by atoms with Gasteiger partial charge in [-0.3, -0.25) is 4.99 Å². The van der Waals surface area contributed by atoms with Crippen molar-refractivity contribution in [3.05, 3.63) is 12.2 Å². The number of allylic oxidation sites excluding steroid dienone is 1. The average molecular weight is 165 g/mol. The summed E-state index contributed by atoms with van der Waals surface area (Å²) in [6.07, 6.45) is 14.3. The van der Waals surface area contributed by atoms with Crippen LogP contribution in [0.15, 0.2) is 17.1 Å². The highest BCUT2D eigenvalue weighted by atomic mass is 14.8. The van der Waals surface area contributed by atoms with Crippen LogP contribution in [0.25, 0.3) is 0 Å². The fraction of sp³-hybridized carbons (Fsp3) is 0.727. The Morgan fingerprint density at radius 3 is 2.67 bits per heavy atom. The van der Waals surface area contributed by atoms with Crippen molar-refractivity contribution in [1.82, 2.24) is 0 Å². The van der Waals surface area contributed by atoms with Crippen LogP contribution in [0.5, 0.6) is 0 Å². The van der Waals surface area contributed by atoms with E-state index < -0.39 is 0 Å². The van der Waals surface area contributed by atoms with E-state index >= 15 is 0 Å². The van der Waals surface area contributed by atoms with Gasteiger partial charge in [-0.15, -0.1) is 0 Å². The number of unbranched alkanes of at least 4 members (excludes halogenated alkanes) is 4. The standard InChI is InChI=1S/C11H19N/c1-2-3-4-5-6-8-11-9-7-10-12-11/h7,9-11H,2-6,8H2,1H3. The van der Waals surface area contributed by atoms with E-state index in [0.717, 1.165) is 0 Å². The average Bonchev–Trinajstić information content (AvgIpc) is 2.57. The molecule has 0 aromatic rings. The van der Waals surface area contributed by atoms with Gasteiger partial charge < -0.3 is 0 Å². The van der Waals surface area contributed by atoms with Crippen molar-refractivity contribution in [2.24, 2.45) is 4.99 Å². The maximum atomic E-state index is 4.32. The molecule has 0 aromatic carbocycles. The van der Waals surface area contributed by atoms with Crippen molar-refractivity contribution in [3.8, 4) is 0 Å². The molecule has 1 aliphatic rings. The Morgan fingerprint density at radius 1 is 1.17 bits per heavy atom. The minimum Gasteiger partial charge on any atom is -0.286 e. The number of hydrogen-bond acceptors (Lipinski definition) is 1. The topological polar surface area (TPSA) is 12.4 Å². The number of nitrogens with zero attached hydrogens (tertiary/aromatic N) is 1. The Bertz CT molecular complexity index is 146. The predicted octanol–water partition coefficient (Wildman–Crippen LogP) is 3.36. The molecule has 0 aliphatic carbocycles. The van der Waals surface area contributed by atoms with E-state index in [2.05, 4.69) is 24.1 Å². The van der Waals surface area contributed by atoms with Crippen LogP contribution in [0, 0.1) is 0 Å². The molecule has 1 heteroatoms. The summed E-state index contributed by atoms with van der Waals surface area (Å²) >= 11 is 0. The molecule has 1 nitrogen and oxygen atoms in total. The van der Waals surface area contributed by atoms with Gasteiger partial charge in [-0.2, -0.15) is 0 Å². The van der Waals surface area contributed by atoms with Crippen LogP contribution in [0.2, 0.25) is 0 Å². The van der Waals surface area contributed by atoms with Crippen LogP contribution in [0.1, 0.15) is 45.4 Å². The van der Waals surface area contributed by atoms with Crippen molar-refractivity contribution in [3.63, 3.8) is 0 Å². The van der Waals surface area contributed by atoms with E-state index in [4.69, 9.17) is 0 Å². The molecule has 0 bridgehead atoms. The Balaban J connectivity index is 1.89. The van der Waals surface area contributed by atoms with Crippen LogP contribution in [0.3, 0.4) is 0 Å². The number of hydrogen-bond donors (Lipinski definition) is 0. The summed E-state index contributed by atoms with van der Waals surface area (Å²) in [6.45, 7) is 2.25. The van der Waals surface area contributed by atoms with Gasteiger partial charge in [0.15, 0.2) is 0 Å². The minimum atomic E-state index is 0.506. The molecular weight excluding hydrogens is 146 g/mol. The van der Waals surface area contributed by atoms with Crippen molar-refractivity contribution >= 4 is 6.21 Å². The van der Waals surface area contributed by atoms with Gasteiger partial charge in [-0.25, -0.2) is 0 Å². The van der Waals surface area contributed by atoms with Crippen LogP contribution in [-0.2, 0) is 0 Å². The summed E-state index contributed by atoms with van der Waals surface area (Å²) < 4.78 is 0. The van der Waals surface area contributed by atoms with E-state index in [1.54, 1.807) is 0 Å². The first-order valence-corrected chi connectivity index (χ1v) is 5.13. The Kier molecular flexibility index (Phi) is 4.74. The van der Waals surface area contributed by atoms with Gasteiger partial charge in [0.2, 0.25) is 0 Å². The molecule has 0 N–H and O–H groups in total. The molecule has 0 spiro atoms. The smallest absolute Gasteiger partial charge is 0.0683 e. The van der Waals surface area contributed by atoms with E-state index in [0.29, 0.717) is 6.04 Å². The first-order chi connectivity index (χ1) is 5.93. The van der Waals surface area contributed by atoms with Gasteiger partial charge in [-0.05, 0) is 12.5 Å². The number of aliphatic imine (C=N–C) groups is 1. The summed E-state index contributed by atoms with van der Waals surface area (Å²) in [6, 6.07) is 0.506. The summed E-state index contributed by atoms with van der Waals surface area (Å²) in [4.78, 5) is 4.32. The highest BCUT2D eigenvalue weighted by Gasteiger charge is 2.02. The molecule has 1 atom stereocenters. The third-order valence-corrected chi connectivity index (χ3v) is 2.30. The minimum absolute atomic E-state index is 0.506. The van der Waals surface area contributed by atoms with Crippen LogP contribution in [0.4, 0.5) is 0 Å². The summed E-state index contributed by atoms with van der Waals surface area (Å²) in [5, 5.41) is 0. The van der Waals surface area contributed by atoms with Crippen LogP contribution in [-0.4, -0.2) is 12.3 Å². The van der Waals surface area contributed by atoms with Crippen molar-refractivity contribution < 1.29 is 0 Å². The fourth-order valence-corrected chi connectivity index (χ4v) is 1.52. The number of rotatable bonds is 6. The first kappa shape index (κ1) is 9.50. The van der Waals surface area contributed by atoms with Crippen molar-refractivity contribution in [2.45, 2.75) is 51.5 Å². The second kappa shape index (κ2) is 5.99. The molecule has 1 unspecified atom stereocenters. The monoisotopic (exact) mass is 165 g/mol. The predicted molar refractivity (Wildman–Crippen MR) is 54.8 cm³/mol. The maximum Gasteiger partial charge on any atom is 0.0683 e. The first-order valence-electron chi connectivity index (χ1n) is 5.13. The normalized spacial score (nSPS) is 20.6. The highest BCUT2D eigenvalue weighted by Crippen LogP contribution is 2.11. The van der Waals surface area contributed by atoms with Gasteiger partial charge in [0.25, 0.3) is 0 Å². The molecule has 1 aliphatic heterocycles. The molecule has 12 heavy (non-hydrogen) atoms. The molecule has 0 aromatic heterocycles. The maximum absolute atomic E-state index is 4.32. The second-order valence-electron chi connectivity index (χ2n) is 3.45. The summed E-state index contributed by atoms with van der Waals surface area (Å²) in [5.41, 5.74) is 0. The molecule has 0 saturated heterocycles. The Morgan fingerprint density at radius 2 is 2.00 bits per heavy atom. The van der Waals surface area contributed by atoms with Gasteiger partial charge >= 0.3 is 0 Å². The van der Waals surface area contributed by atoms with E-state index in [-0.39, 0.29) is 0 Å². The largest absolute Gasteiger partial charge is 0.286 e. The molecule has 0 fully saturated rings. The van der Waals surface area contributed by atoms with Gasteiger partial charge in [0.1, 0.15) is 0 Å². The van der Waals surface area contributed by atoms with Gasteiger partial charge in [0, 0.05) is 6.21 Å². The lowest BCUT2D eigenvalue weighted by molar-refractivity contribution is 0.587. The highest BCUT2D eigenvalue weighted by molar-refractivity contribution is 5.74. The van der Waals surface area contributed by atoms with Gasteiger partial charge in [-0.1, -0.05) is 45.1 Å². The quantitative estimate of drug-likeness (QED) is 0.535. The molecule has 0 radical (unpaired) electrons. The zero-order chi connectivity index (χ0) is 8.65. The molecular formula is C11H19N. The molecule has 0 saturated carbocycles. The SMILES string of the molecule is CCCCCCCC1C=CC=N1. The lowest BCUT2D eigenvalue weighted by atomic mass is 10.1. The van der Waals surface area contributed by atoms with Gasteiger partial charge in [0.05, 0.1) is 6.04 Å². The van der Waals surface area contributed by atoms with E-state index in [9.17, 15) is 0 Å². The molecule has 1 rings (SSSR count). The fourth-order valence-electron chi connectivity index (χ4n) is 1.52. The molecule has 0 amide bonds. The van der Waals surface area contributed by atoms with E-state index in [1.165, 1.54) is 38.5 Å². The summed E-state index contributed by atoms with van der Waals surface area (Å²) in [5.74, 6) is 0. The third-order valence-electron chi connectivity index (χ3n) is 2.30. The molecule has 1 heterocycles. The van der Waals surface area contributed by atoms with Crippen molar-refractivity contribution in [2.75, 3.05) is 0 Å². The van der Waals surface area contributed by atoms with Crippen LogP contribution >= 0.6 is 0 Å². The van der Waals surface area contributed by atoms with E-state index in [1.807, 2.05) is 6.21 Å². The van der Waals surface area contributed by atoms with Crippen molar-refractivity contribution in [1.29, 1.82) is 0 Å². The zero-order valence-corrected chi connectivity index (χ0v) is 8.00. The third kappa shape index (κ3) is 3.70. The lowest BCUT2D eigenvalue weighted by Crippen LogP contribution is -1.96. The second-order valence-corrected chi connectivity index (χ2v) is 3.45. The Labute approximate surface area is 75.6 Å². The summed E-state index contributed by atoms with van der Waals surface area (Å²) in [7, 11) is 0. The molecule has 68 valence electrons. The lowest BCUT2D eigenvalue weighted by Gasteiger charge is -2.03. The van der Waals surface area contributed by atoms with Crippen LogP contribution < -0.4 is 0 Å². The Hall–Kier alpha value is -0.590. The zero-order valence-electron chi connectivity index (χ0n) is 8.00.